The number of fused-ring (bicyclic) bond motifs is 1. The minimum absolute atomic E-state index is 0.0702. The molecule has 2 aliphatic rings. The lowest BCUT2D eigenvalue weighted by Crippen LogP contribution is -2.38. The Kier molecular flexibility index (Phi) is 3.27. The molecule has 0 spiro atoms. The van der Waals surface area contributed by atoms with Gasteiger partial charge in [0, 0.05) is 17.3 Å². The summed E-state index contributed by atoms with van der Waals surface area (Å²) in [5, 5.41) is 6.20. The lowest BCUT2D eigenvalue weighted by molar-refractivity contribution is -0.117. The number of carbonyl (C=O) groups is 1. The van der Waals surface area contributed by atoms with E-state index < -0.39 is 6.04 Å². The molecular formula is C15H19FN2O. The molecule has 1 saturated carbocycles. The van der Waals surface area contributed by atoms with Crippen molar-refractivity contribution in [3.8, 4) is 0 Å². The molecule has 1 unspecified atom stereocenters. The van der Waals surface area contributed by atoms with Crippen molar-refractivity contribution in [3.05, 3.63) is 29.6 Å². The minimum atomic E-state index is -0.399. The number of nitrogens with one attached hydrogen (secondary N) is 2. The maximum atomic E-state index is 13.3. The minimum Gasteiger partial charge on any atom is -0.324 e. The van der Waals surface area contributed by atoms with Crippen molar-refractivity contribution in [2.24, 2.45) is 5.92 Å². The second-order valence-corrected chi connectivity index (χ2v) is 5.78. The molecule has 1 heterocycles. The molecule has 0 aromatic heterocycles. The molecule has 4 heteroatoms. The number of amides is 1. The first kappa shape index (κ1) is 12.6. The number of hydrogen-bond donors (Lipinski definition) is 2. The van der Waals surface area contributed by atoms with Crippen molar-refractivity contribution in [1.82, 2.24) is 5.32 Å². The molecule has 1 fully saturated rings. The highest BCUT2D eigenvalue weighted by atomic mass is 19.1. The fraction of sp³-hybridized carbons (Fsp3) is 0.533. The van der Waals surface area contributed by atoms with Gasteiger partial charge in [-0.1, -0.05) is 6.92 Å². The van der Waals surface area contributed by atoms with Gasteiger partial charge in [0.2, 0.25) is 5.91 Å². The van der Waals surface area contributed by atoms with E-state index in [1.54, 1.807) is 6.07 Å². The summed E-state index contributed by atoms with van der Waals surface area (Å²) in [4.78, 5) is 12.0. The fourth-order valence-electron chi connectivity index (χ4n) is 3.06. The average Bonchev–Trinajstić information content (AvgIpc) is 2.69. The lowest BCUT2D eigenvalue weighted by atomic mass is 9.87. The summed E-state index contributed by atoms with van der Waals surface area (Å²) in [5.41, 5.74) is 1.47. The number of anilines is 1. The second-order valence-electron chi connectivity index (χ2n) is 5.78. The maximum Gasteiger partial charge on any atom is 0.246 e. The molecule has 1 aromatic rings. The Bertz CT molecular complexity index is 495. The van der Waals surface area contributed by atoms with Crippen molar-refractivity contribution < 1.29 is 9.18 Å². The molecule has 19 heavy (non-hydrogen) atoms. The molecule has 0 radical (unpaired) electrons. The van der Waals surface area contributed by atoms with Gasteiger partial charge in [0.05, 0.1) is 0 Å². The van der Waals surface area contributed by atoms with Crippen molar-refractivity contribution in [2.75, 3.05) is 5.32 Å². The fourth-order valence-corrected chi connectivity index (χ4v) is 3.06. The molecule has 0 bridgehead atoms. The van der Waals surface area contributed by atoms with Crippen LogP contribution in [0.5, 0.6) is 0 Å². The Morgan fingerprint density at radius 3 is 2.74 bits per heavy atom. The van der Waals surface area contributed by atoms with Gasteiger partial charge in [-0.2, -0.15) is 0 Å². The third-order valence-corrected chi connectivity index (χ3v) is 4.26. The maximum absolute atomic E-state index is 13.3. The van der Waals surface area contributed by atoms with E-state index in [2.05, 4.69) is 17.6 Å². The quantitative estimate of drug-likeness (QED) is 0.860. The molecule has 1 atom stereocenters. The van der Waals surface area contributed by atoms with E-state index in [4.69, 9.17) is 0 Å². The Morgan fingerprint density at radius 1 is 1.26 bits per heavy atom. The zero-order chi connectivity index (χ0) is 13.4. The van der Waals surface area contributed by atoms with Crippen LogP contribution in [0.25, 0.3) is 0 Å². The van der Waals surface area contributed by atoms with Gasteiger partial charge in [-0.15, -0.1) is 0 Å². The van der Waals surface area contributed by atoms with Crippen molar-refractivity contribution >= 4 is 11.6 Å². The summed E-state index contributed by atoms with van der Waals surface area (Å²) in [6, 6.07) is 4.43. The van der Waals surface area contributed by atoms with Gasteiger partial charge in [-0.05, 0) is 49.8 Å². The van der Waals surface area contributed by atoms with Gasteiger partial charge >= 0.3 is 0 Å². The number of benzene rings is 1. The van der Waals surface area contributed by atoms with Crippen LogP contribution in [0.1, 0.15) is 44.2 Å². The van der Waals surface area contributed by atoms with Crippen LogP contribution >= 0.6 is 0 Å². The molecular weight excluding hydrogens is 243 g/mol. The average molecular weight is 262 g/mol. The summed E-state index contributed by atoms with van der Waals surface area (Å²) in [7, 11) is 0. The van der Waals surface area contributed by atoms with Crippen LogP contribution in [0.15, 0.2) is 18.2 Å². The van der Waals surface area contributed by atoms with Crippen LogP contribution in [-0.4, -0.2) is 11.9 Å². The summed E-state index contributed by atoms with van der Waals surface area (Å²) in [5.74, 6) is 0.415. The normalized spacial score (nSPS) is 30.0. The SMILES string of the molecule is CC1CCC(NC2C(=O)Nc3ccc(F)cc32)CC1. The Morgan fingerprint density at radius 2 is 2.00 bits per heavy atom. The van der Waals surface area contributed by atoms with E-state index in [9.17, 15) is 9.18 Å². The number of hydrogen-bond acceptors (Lipinski definition) is 2. The molecule has 1 aliphatic heterocycles. The standard InChI is InChI=1S/C15H19FN2O/c1-9-2-5-11(6-3-9)17-14-12-8-10(16)4-7-13(12)18-15(14)19/h4,7-9,11,14,17H,2-3,5-6H2,1H3,(H,18,19). The number of carbonyl (C=O) groups excluding carboxylic acids is 1. The van der Waals surface area contributed by atoms with Gasteiger partial charge in [-0.3, -0.25) is 10.1 Å². The van der Waals surface area contributed by atoms with Crippen LogP contribution in [0.3, 0.4) is 0 Å². The molecule has 3 rings (SSSR count). The predicted octanol–water partition coefficient (Wildman–Crippen LogP) is 2.99. The van der Waals surface area contributed by atoms with Gasteiger partial charge in [0.1, 0.15) is 11.9 Å². The van der Waals surface area contributed by atoms with Crippen molar-refractivity contribution in [1.29, 1.82) is 0 Å². The molecule has 1 amide bonds. The van der Waals surface area contributed by atoms with E-state index in [0.717, 1.165) is 30.0 Å². The van der Waals surface area contributed by atoms with Crippen LogP contribution < -0.4 is 10.6 Å². The van der Waals surface area contributed by atoms with E-state index in [1.165, 1.54) is 25.0 Å². The van der Waals surface area contributed by atoms with E-state index in [1.807, 2.05) is 0 Å². The zero-order valence-electron chi connectivity index (χ0n) is 11.1. The van der Waals surface area contributed by atoms with Gasteiger partial charge in [0.25, 0.3) is 0 Å². The smallest absolute Gasteiger partial charge is 0.246 e. The summed E-state index contributed by atoms with van der Waals surface area (Å²) in [6.45, 7) is 2.27. The monoisotopic (exact) mass is 262 g/mol. The van der Waals surface area contributed by atoms with Crippen LogP contribution in [0, 0.1) is 11.7 Å². The highest BCUT2D eigenvalue weighted by Gasteiger charge is 2.33. The number of halogens is 1. The van der Waals surface area contributed by atoms with Crippen LogP contribution in [-0.2, 0) is 4.79 Å². The Hall–Kier alpha value is -1.42. The summed E-state index contributed by atoms with van der Waals surface area (Å²) < 4.78 is 13.3. The molecule has 102 valence electrons. The number of rotatable bonds is 2. The van der Waals surface area contributed by atoms with Gasteiger partial charge in [0.15, 0.2) is 0 Å². The molecule has 2 N–H and O–H groups in total. The Labute approximate surface area is 112 Å². The largest absolute Gasteiger partial charge is 0.324 e. The first-order valence-electron chi connectivity index (χ1n) is 7.00. The highest BCUT2D eigenvalue weighted by Crippen LogP contribution is 2.33. The van der Waals surface area contributed by atoms with Crippen molar-refractivity contribution in [2.45, 2.75) is 44.7 Å². The summed E-state index contributed by atoms with van der Waals surface area (Å²) >= 11 is 0. The van der Waals surface area contributed by atoms with Crippen molar-refractivity contribution in [3.63, 3.8) is 0 Å². The highest BCUT2D eigenvalue weighted by molar-refractivity contribution is 6.02. The van der Waals surface area contributed by atoms with E-state index in [-0.39, 0.29) is 11.7 Å². The van der Waals surface area contributed by atoms with E-state index in [0.29, 0.717) is 6.04 Å². The van der Waals surface area contributed by atoms with Gasteiger partial charge in [-0.25, -0.2) is 4.39 Å². The topological polar surface area (TPSA) is 41.1 Å². The lowest BCUT2D eigenvalue weighted by Gasteiger charge is -2.29. The van der Waals surface area contributed by atoms with Gasteiger partial charge < -0.3 is 5.32 Å². The Balaban J connectivity index is 1.75. The zero-order valence-corrected chi connectivity index (χ0v) is 11.1. The first-order chi connectivity index (χ1) is 9.13. The third kappa shape index (κ3) is 2.50. The molecule has 3 nitrogen and oxygen atoms in total. The second kappa shape index (κ2) is 4.93. The summed E-state index contributed by atoms with van der Waals surface area (Å²) in [6.07, 6.45) is 4.58. The third-order valence-electron chi connectivity index (χ3n) is 4.26. The van der Waals surface area contributed by atoms with Crippen LogP contribution in [0.2, 0.25) is 0 Å². The predicted molar refractivity (Wildman–Crippen MR) is 72.3 cm³/mol. The molecule has 1 aliphatic carbocycles. The molecule has 1 aromatic carbocycles. The first-order valence-corrected chi connectivity index (χ1v) is 7.00. The van der Waals surface area contributed by atoms with Crippen LogP contribution in [0.4, 0.5) is 10.1 Å². The molecule has 0 saturated heterocycles. The van der Waals surface area contributed by atoms with E-state index >= 15 is 0 Å².